The molecule has 204 valence electrons. The maximum absolute atomic E-state index is 12.4. The van der Waals surface area contributed by atoms with Gasteiger partial charge in [0.05, 0.1) is 12.0 Å². The Bertz CT molecular complexity index is 1290. The molecule has 5 rings (SSSR count). The highest BCUT2D eigenvalue weighted by atomic mass is 16.5. The van der Waals surface area contributed by atoms with Crippen molar-refractivity contribution in [1.82, 2.24) is 4.90 Å². The van der Waals surface area contributed by atoms with E-state index in [1.807, 2.05) is 45.0 Å². The van der Waals surface area contributed by atoms with Crippen molar-refractivity contribution in [1.29, 1.82) is 0 Å². The number of ether oxygens (including phenoxy) is 3. The summed E-state index contributed by atoms with van der Waals surface area (Å²) in [6.07, 6.45) is 6.18. The van der Waals surface area contributed by atoms with Gasteiger partial charge in [-0.1, -0.05) is 55.0 Å². The summed E-state index contributed by atoms with van der Waals surface area (Å²) in [6.45, 7) is 10.1. The Morgan fingerprint density at radius 2 is 1.67 bits per heavy atom. The minimum absolute atomic E-state index is 0.0853. The van der Waals surface area contributed by atoms with E-state index in [0.29, 0.717) is 19.0 Å². The van der Waals surface area contributed by atoms with Crippen LogP contribution in [-0.4, -0.2) is 43.7 Å². The van der Waals surface area contributed by atoms with E-state index in [4.69, 9.17) is 14.2 Å². The standard InChI is InChI=1S/C34H39NO4/c1-34(2,3)33(36)39-28-16-17-29-30(31(24-38-32(29)23-28)26-10-6-4-7-11-26)22-25-12-14-27(15-13-25)37-21-20-35-18-8-5-9-19-35/h4,6-7,10-17,22-23,31H,5,8-9,18-21,24H2,1-3H3. The average molecular weight is 526 g/mol. The molecule has 0 bridgehead atoms. The van der Waals surface area contributed by atoms with Gasteiger partial charge in [-0.15, -0.1) is 0 Å². The Kier molecular flexibility index (Phi) is 8.37. The summed E-state index contributed by atoms with van der Waals surface area (Å²) in [5.74, 6) is 1.94. The molecular weight excluding hydrogens is 486 g/mol. The molecule has 1 atom stereocenters. The van der Waals surface area contributed by atoms with Crippen LogP contribution in [0.4, 0.5) is 0 Å². The van der Waals surface area contributed by atoms with Crippen molar-refractivity contribution in [3.8, 4) is 17.2 Å². The molecule has 0 saturated carbocycles. The number of hydrogen-bond acceptors (Lipinski definition) is 5. The minimum atomic E-state index is -0.580. The van der Waals surface area contributed by atoms with Crippen LogP contribution < -0.4 is 14.2 Å². The topological polar surface area (TPSA) is 48.0 Å². The van der Waals surface area contributed by atoms with E-state index in [1.54, 1.807) is 0 Å². The van der Waals surface area contributed by atoms with E-state index < -0.39 is 5.41 Å². The Balaban J connectivity index is 1.36. The van der Waals surface area contributed by atoms with Crippen molar-refractivity contribution in [3.05, 3.63) is 89.5 Å². The van der Waals surface area contributed by atoms with E-state index in [2.05, 4.69) is 59.5 Å². The molecule has 2 aliphatic rings. The molecular formula is C34H39NO4. The zero-order chi connectivity index (χ0) is 27.2. The number of benzene rings is 3. The number of rotatable bonds is 7. The van der Waals surface area contributed by atoms with Gasteiger partial charge in [0.1, 0.15) is 23.9 Å². The molecule has 0 amide bonds. The van der Waals surface area contributed by atoms with Crippen LogP contribution in [0.5, 0.6) is 17.2 Å². The Morgan fingerprint density at radius 1 is 0.949 bits per heavy atom. The normalized spacial score (nSPS) is 18.7. The molecule has 39 heavy (non-hydrogen) atoms. The van der Waals surface area contributed by atoms with Crippen LogP contribution >= 0.6 is 0 Å². The van der Waals surface area contributed by atoms with E-state index in [9.17, 15) is 4.79 Å². The molecule has 1 saturated heterocycles. The first-order valence-corrected chi connectivity index (χ1v) is 14.1. The highest BCUT2D eigenvalue weighted by Crippen LogP contribution is 2.44. The van der Waals surface area contributed by atoms with Gasteiger partial charge in [0.15, 0.2) is 0 Å². The number of fused-ring (bicyclic) bond motifs is 1. The number of hydrogen-bond donors (Lipinski definition) is 0. The largest absolute Gasteiger partial charge is 0.492 e. The van der Waals surface area contributed by atoms with Crippen molar-refractivity contribution in [2.24, 2.45) is 5.41 Å². The van der Waals surface area contributed by atoms with Gasteiger partial charge in [0, 0.05) is 24.1 Å². The zero-order valence-corrected chi connectivity index (χ0v) is 23.3. The number of carbonyl (C=O) groups is 1. The van der Waals surface area contributed by atoms with Crippen LogP contribution in [0.3, 0.4) is 0 Å². The van der Waals surface area contributed by atoms with Crippen molar-refractivity contribution >= 4 is 17.6 Å². The Hall–Kier alpha value is -3.57. The maximum atomic E-state index is 12.4. The Labute approximate surface area is 232 Å². The predicted molar refractivity (Wildman–Crippen MR) is 156 cm³/mol. The first kappa shape index (κ1) is 27.0. The number of piperidine rings is 1. The number of esters is 1. The van der Waals surface area contributed by atoms with Gasteiger partial charge in [0.2, 0.25) is 0 Å². The lowest BCUT2D eigenvalue weighted by Crippen LogP contribution is -2.33. The van der Waals surface area contributed by atoms with Crippen LogP contribution in [-0.2, 0) is 4.79 Å². The van der Waals surface area contributed by atoms with Crippen LogP contribution in [0.15, 0.2) is 72.8 Å². The SMILES string of the molecule is CC(C)(C)C(=O)Oc1ccc2c(c1)OCC(c1ccccc1)C2=Cc1ccc(OCCN2CCCCC2)cc1. The van der Waals surface area contributed by atoms with Crippen LogP contribution in [0, 0.1) is 5.41 Å². The summed E-state index contributed by atoms with van der Waals surface area (Å²) in [5, 5.41) is 0. The third-order valence-electron chi connectivity index (χ3n) is 7.40. The van der Waals surface area contributed by atoms with Crippen molar-refractivity contribution < 1.29 is 19.0 Å². The number of nitrogens with zero attached hydrogens (tertiary/aromatic N) is 1. The first-order valence-electron chi connectivity index (χ1n) is 14.1. The molecule has 5 nitrogen and oxygen atoms in total. The molecule has 0 aliphatic carbocycles. The summed E-state index contributed by atoms with van der Waals surface area (Å²) in [5.41, 5.74) is 3.91. The smallest absolute Gasteiger partial charge is 0.316 e. The number of likely N-dealkylation sites (tertiary alicyclic amines) is 1. The van der Waals surface area contributed by atoms with E-state index in [-0.39, 0.29) is 11.9 Å². The van der Waals surface area contributed by atoms with Gasteiger partial charge >= 0.3 is 5.97 Å². The summed E-state index contributed by atoms with van der Waals surface area (Å²) >= 11 is 0. The van der Waals surface area contributed by atoms with E-state index in [1.165, 1.54) is 43.5 Å². The second kappa shape index (κ2) is 12.1. The molecule has 3 aromatic rings. The van der Waals surface area contributed by atoms with E-state index >= 15 is 0 Å². The van der Waals surface area contributed by atoms with Gasteiger partial charge in [-0.25, -0.2) is 0 Å². The molecule has 1 fully saturated rings. The second-order valence-electron chi connectivity index (χ2n) is 11.5. The quantitative estimate of drug-likeness (QED) is 0.241. The van der Waals surface area contributed by atoms with Gasteiger partial charge in [-0.05, 0) is 87.7 Å². The van der Waals surface area contributed by atoms with Crippen molar-refractivity contribution in [3.63, 3.8) is 0 Å². The molecule has 0 aromatic heterocycles. The third-order valence-corrected chi connectivity index (χ3v) is 7.40. The highest BCUT2D eigenvalue weighted by molar-refractivity contribution is 5.89. The van der Waals surface area contributed by atoms with E-state index in [0.717, 1.165) is 29.2 Å². The molecule has 2 heterocycles. The van der Waals surface area contributed by atoms with Gasteiger partial charge < -0.3 is 14.2 Å². The molecule has 5 heteroatoms. The summed E-state index contributed by atoms with van der Waals surface area (Å²) in [7, 11) is 0. The fourth-order valence-electron chi connectivity index (χ4n) is 5.09. The van der Waals surface area contributed by atoms with Crippen molar-refractivity contribution in [2.45, 2.75) is 46.0 Å². The molecule has 1 unspecified atom stereocenters. The second-order valence-corrected chi connectivity index (χ2v) is 11.5. The lowest BCUT2D eigenvalue weighted by atomic mass is 9.84. The monoisotopic (exact) mass is 525 g/mol. The average Bonchev–Trinajstić information content (AvgIpc) is 2.94. The van der Waals surface area contributed by atoms with Crippen LogP contribution in [0.1, 0.15) is 62.6 Å². The molecule has 3 aromatic carbocycles. The lowest BCUT2D eigenvalue weighted by molar-refractivity contribution is -0.143. The first-order chi connectivity index (χ1) is 18.9. The number of carbonyl (C=O) groups excluding carboxylic acids is 1. The maximum Gasteiger partial charge on any atom is 0.316 e. The highest BCUT2D eigenvalue weighted by Gasteiger charge is 2.28. The third kappa shape index (κ3) is 6.90. The molecule has 2 aliphatic heterocycles. The summed E-state index contributed by atoms with van der Waals surface area (Å²) in [4.78, 5) is 14.9. The minimum Gasteiger partial charge on any atom is -0.492 e. The lowest BCUT2D eigenvalue weighted by Gasteiger charge is -2.29. The van der Waals surface area contributed by atoms with Crippen LogP contribution in [0.2, 0.25) is 0 Å². The van der Waals surface area contributed by atoms with Crippen LogP contribution in [0.25, 0.3) is 11.6 Å². The Morgan fingerprint density at radius 3 is 2.38 bits per heavy atom. The predicted octanol–water partition coefficient (Wildman–Crippen LogP) is 7.22. The fourth-order valence-corrected chi connectivity index (χ4v) is 5.09. The molecule has 0 radical (unpaired) electrons. The zero-order valence-electron chi connectivity index (χ0n) is 23.3. The van der Waals surface area contributed by atoms with Gasteiger partial charge in [0.25, 0.3) is 0 Å². The summed E-state index contributed by atoms with van der Waals surface area (Å²) in [6, 6.07) is 24.5. The van der Waals surface area contributed by atoms with Gasteiger partial charge in [-0.3, -0.25) is 9.69 Å². The van der Waals surface area contributed by atoms with Gasteiger partial charge in [-0.2, -0.15) is 0 Å². The molecule has 0 spiro atoms. The van der Waals surface area contributed by atoms with Crippen molar-refractivity contribution in [2.75, 3.05) is 32.8 Å². The summed E-state index contributed by atoms with van der Waals surface area (Å²) < 4.78 is 17.9. The fraction of sp³-hybridized carbons (Fsp3) is 0.382. The molecule has 0 N–H and O–H groups in total.